The van der Waals surface area contributed by atoms with E-state index in [9.17, 15) is 4.79 Å². The molecule has 1 N–H and O–H groups in total. The van der Waals surface area contributed by atoms with Crippen LogP contribution in [-0.4, -0.2) is 22.1 Å². The van der Waals surface area contributed by atoms with Crippen LogP contribution in [0.2, 0.25) is 0 Å². The summed E-state index contributed by atoms with van der Waals surface area (Å²) in [6, 6.07) is 9.48. The Morgan fingerprint density at radius 2 is 2.09 bits per heavy atom. The number of nitrogens with one attached hydrogen (secondary N) is 1. The van der Waals surface area contributed by atoms with Crippen molar-refractivity contribution in [2.24, 2.45) is 0 Å². The van der Waals surface area contributed by atoms with Crippen LogP contribution in [-0.2, 0) is 6.42 Å². The Morgan fingerprint density at radius 3 is 2.78 bits per heavy atom. The first-order chi connectivity index (χ1) is 11.1. The Bertz CT molecular complexity index is 795. The van der Waals surface area contributed by atoms with Gasteiger partial charge < -0.3 is 9.84 Å². The SMILES string of the molecule is Cc1ccc(CC(C)NC(=O)c2cc(-c3ccncc3)on2)s1. The molecule has 0 radical (unpaired) electrons. The van der Waals surface area contributed by atoms with Crippen LogP contribution in [0.3, 0.4) is 0 Å². The number of nitrogens with zero attached hydrogens (tertiary/aromatic N) is 2. The maximum atomic E-state index is 12.3. The number of carbonyl (C=O) groups is 1. The molecule has 3 heterocycles. The number of carbonyl (C=O) groups excluding carboxylic acids is 1. The second kappa shape index (κ2) is 6.75. The van der Waals surface area contributed by atoms with E-state index in [1.165, 1.54) is 9.75 Å². The van der Waals surface area contributed by atoms with Gasteiger partial charge in [-0.3, -0.25) is 9.78 Å². The van der Waals surface area contributed by atoms with Gasteiger partial charge in [0.2, 0.25) is 0 Å². The lowest BCUT2D eigenvalue weighted by Gasteiger charge is -2.11. The third-order valence-corrected chi connectivity index (χ3v) is 4.41. The molecule has 118 valence electrons. The van der Waals surface area contributed by atoms with Gasteiger partial charge >= 0.3 is 0 Å². The molecule has 0 saturated carbocycles. The third-order valence-electron chi connectivity index (χ3n) is 3.39. The van der Waals surface area contributed by atoms with Crippen molar-refractivity contribution < 1.29 is 9.32 Å². The van der Waals surface area contributed by atoms with Crippen molar-refractivity contribution in [3.63, 3.8) is 0 Å². The first kappa shape index (κ1) is 15.4. The zero-order chi connectivity index (χ0) is 16.2. The summed E-state index contributed by atoms with van der Waals surface area (Å²) in [7, 11) is 0. The lowest BCUT2D eigenvalue weighted by atomic mass is 10.2. The van der Waals surface area contributed by atoms with Gasteiger partial charge in [-0.2, -0.15) is 0 Å². The molecule has 0 bridgehead atoms. The molecule has 0 aliphatic carbocycles. The number of thiophene rings is 1. The third kappa shape index (κ3) is 3.84. The second-order valence-corrected chi connectivity index (χ2v) is 6.78. The summed E-state index contributed by atoms with van der Waals surface area (Å²) in [4.78, 5) is 18.7. The van der Waals surface area contributed by atoms with E-state index in [0.29, 0.717) is 5.76 Å². The van der Waals surface area contributed by atoms with Crippen molar-refractivity contribution in [3.05, 3.63) is 58.2 Å². The molecule has 0 fully saturated rings. The highest BCUT2D eigenvalue weighted by molar-refractivity contribution is 7.11. The zero-order valence-electron chi connectivity index (χ0n) is 12.9. The van der Waals surface area contributed by atoms with Crippen molar-refractivity contribution in [1.82, 2.24) is 15.5 Å². The molecule has 3 rings (SSSR count). The van der Waals surface area contributed by atoms with E-state index < -0.39 is 0 Å². The van der Waals surface area contributed by atoms with Gasteiger partial charge in [0.15, 0.2) is 11.5 Å². The Kier molecular flexibility index (Phi) is 4.52. The molecule has 0 aliphatic heterocycles. The molecule has 1 unspecified atom stereocenters. The Morgan fingerprint density at radius 1 is 1.30 bits per heavy atom. The summed E-state index contributed by atoms with van der Waals surface area (Å²) in [6.07, 6.45) is 4.14. The maximum absolute atomic E-state index is 12.3. The quantitative estimate of drug-likeness (QED) is 0.779. The topological polar surface area (TPSA) is 68.0 Å². The van der Waals surface area contributed by atoms with Crippen LogP contribution in [0.1, 0.15) is 27.2 Å². The van der Waals surface area contributed by atoms with Gasteiger partial charge in [-0.15, -0.1) is 11.3 Å². The predicted molar refractivity (Wildman–Crippen MR) is 89.4 cm³/mol. The molecule has 0 aliphatic rings. The molecule has 0 spiro atoms. The summed E-state index contributed by atoms with van der Waals surface area (Å²) in [5, 5.41) is 6.80. The number of hydrogen-bond donors (Lipinski definition) is 1. The van der Waals surface area contributed by atoms with Crippen molar-refractivity contribution in [2.45, 2.75) is 26.3 Å². The number of aromatic nitrogens is 2. The average molecular weight is 327 g/mol. The fourth-order valence-corrected chi connectivity index (χ4v) is 3.30. The summed E-state index contributed by atoms with van der Waals surface area (Å²) in [6.45, 7) is 4.06. The minimum atomic E-state index is -0.227. The molecule has 0 aromatic carbocycles. The minimum Gasteiger partial charge on any atom is -0.355 e. The van der Waals surface area contributed by atoms with Crippen LogP contribution in [0.15, 0.2) is 47.2 Å². The monoisotopic (exact) mass is 327 g/mol. The van der Waals surface area contributed by atoms with Gasteiger partial charge in [-0.05, 0) is 38.1 Å². The highest BCUT2D eigenvalue weighted by Gasteiger charge is 2.16. The van der Waals surface area contributed by atoms with Crippen molar-refractivity contribution in [2.75, 3.05) is 0 Å². The zero-order valence-corrected chi connectivity index (χ0v) is 13.8. The van der Waals surface area contributed by atoms with Crippen molar-refractivity contribution >= 4 is 17.2 Å². The summed E-state index contributed by atoms with van der Waals surface area (Å²) >= 11 is 1.75. The first-order valence-electron chi connectivity index (χ1n) is 7.35. The van der Waals surface area contributed by atoms with E-state index in [1.807, 2.05) is 19.1 Å². The van der Waals surface area contributed by atoms with Crippen LogP contribution < -0.4 is 5.32 Å². The van der Waals surface area contributed by atoms with Gasteiger partial charge in [0.25, 0.3) is 5.91 Å². The second-order valence-electron chi connectivity index (χ2n) is 5.40. The predicted octanol–water partition coefficient (Wildman–Crippen LogP) is 3.47. The van der Waals surface area contributed by atoms with Crippen LogP contribution >= 0.6 is 11.3 Å². The normalized spacial score (nSPS) is 12.1. The van der Waals surface area contributed by atoms with Crippen molar-refractivity contribution in [1.29, 1.82) is 0 Å². The smallest absolute Gasteiger partial charge is 0.273 e. The number of rotatable bonds is 5. The molecular weight excluding hydrogens is 310 g/mol. The Balaban J connectivity index is 1.63. The van der Waals surface area contributed by atoms with Gasteiger partial charge in [-0.25, -0.2) is 0 Å². The molecule has 3 aromatic heterocycles. The van der Waals surface area contributed by atoms with Crippen LogP contribution in [0.5, 0.6) is 0 Å². The molecule has 0 saturated heterocycles. The lowest BCUT2D eigenvalue weighted by molar-refractivity contribution is 0.0931. The van der Waals surface area contributed by atoms with Crippen LogP contribution in [0.25, 0.3) is 11.3 Å². The molecule has 3 aromatic rings. The van der Waals surface area contributed by atoms with Gasteiger partial charge in [-0.1, -0.05) is 5.16 Å². The molecular formula is C17H17N3O2S. The van der Waals surface area contributed by atoms with E-state index in [-0.39, 0.29) is 17.6 Å². The summed E-state index contributed by atoms with van der Waals surface area (Å²) in [5.41, 5.74) is 1.12. The van der Waals surface area contributed by atoms with Crippen LogP contribution in [0.4, 0.5) is 0 Å². The maximum Gasteiger partial charge on any atom is 0.273 e. The minimum absolute atomic E-state index is 0.0293. The fraction of sp³-hybridized carbons (Fsp3) is 0.235. The molecule has 1 atom stereocenters. The highest BCUT2D eigenvalue weighted by atomic mass is 32.1. The Hall–Kier alpha value is -2.47. The molecule has 1 amide bonds. The van der Waals surface area contributed by atoms with E-state index in [4.69, 9.17) is 4.52 Å². The van der Waals surface area contributed by atoms with Crippen molar-refractivity contribution in [3.8, 4) is 11.3 Å². The van der Waals surface area contributed by atoms with Gasteiger partial charge in [0.1, 0.15) is 0 Å². The molecule has 5 nitrogen and oxygen atoms in total. The number of pyridine rings is 1. The van der Waals surface area contributed by atoms with E-state index >= 15 is 0 Å². The number of aryl methyl sites for hydroxylation is 1. The molecule has 23 heavy (non-hydrogen) atoms. The number of amides is 1. The van der Waals surface area contributed by atoms with Gasteiger partial charge in [0.05, 0.1) is 0 Å². The first-order valence-corrected chi connectivity index (χ1v) is 8.17. The van der Waals surface area contributed by atoms with E-state index in [0.717, 1.165) is 12.0 Å². The van der Waals surface area contributed by atoms with Crippen LogP contribution in [0, 0.1) is 6.92 Å². The van der Waals surface area contributed by atoms with E-state index in [1.54, 1.807) is 29.8 Å². The molecule has 6 heteroatoms. The summed E-state index contributed by atoms with van der Waals surface area (Å²) < 4.78 is 5.24. The number of hydrogen-bond acceptors (Lipinski definition) is 5. The largest absolute Gasteiger partial charge is 0.355 e. The highest BCUT2D eigenvalue weighted by Crippen LogP contribution is 2.20. The average Bonchev–Trinajstić information content (AvgIpc) is 3.17. The fourth-order valence-electron chi connectivity index (χ4n) is 2.28. The van der Waals surface area contributed by atoms with Gasteiger partial charge in [0, 0.05) is 46.2 Å². The van der Waals surface area contributed by atoms with E-state index in [2.05, 4.69) is 34.5 Å². The summed E-state index contributed by atoms with van der Waals surface area (Å²) in [5.74, 6) is 0.328. The standard InChI is InChI=1S/C17H17N3O2S/c1-11(9-14-4-3-12(2)23-14)19-17(21)15-10-16(22-20-15)13-5-7-18-8-6-13/h3-8,10-11H,9H2,1-2H3,(H,19,21). The lowest BCUT2D eigenvalue weighted by Crippen LogP contribution is -2.34. The Labute approximate surface area is 138 Å².